The lowest BCUT2D eigenvalue weighted by molar-refractivity contribution is -0.145. The first-order chi connectivity index (χ1) is 11.4. The zero-order valence-corrected chi connectivity index (χ0v) is 15.6. The summed E-state index contributed by atoms with van der Waals surface area (Å²) in [6.45, 7) is 10.4. The highest BCUT2D eigenvalue weighted by molar-refractivity contribution is 6.16. The normalized spacial score (nSPS) is 20.7. The molecule has 1 unspecified atom stereocenters. The second-order valence-electron chi connectivity index (χ2n) is 7.83. The largest absolute Gasteiger partial charge is 0.480 e. The van der Waals surface area contributed by atoms with Gasteiger partial charge in [-0.25, -0.2) is 4.79 Å². The summed E-state index contributed by atoms with van der Waals surface area (Å²) in [5.74, 6) is -1.67. The number of amides is 1. The molecule has 0 radical (unpaired) electrons. The van der Waals surface area contributed by atoms with Crippen LogP contribution >= 0.6 is 0 Å². The zero-order chi connectivity index (χ0) is 19.2. The van der Waals surface area contributed by atoms with Gasteiger partial charge >= 0.3 is 12.1 Å². The Kier molecular flexibility index (Phi) is 4.68. The molecule has 25 heavy (non-hydrogen) atoms. The van der Waals surface area contributed by atoms with E-state index < -0.39 is 28.9 Å². The number of anilines is 1. The van der Waals surface area contributed by atoms with Crippen LogP contribution in [-0.4, -0.2) is 35.1 Å². The van der Waals surface area contributed by atoms with Crippen LogP contribution in [-0.2, 0) is 9.53 Å². The Bertz CT molecular complexity index is 747. The number of rotatable bonds is 1. The van der Waals surface area contributed by atoms with Crippen molar-refractivity contribution in [2.24, 2.45) is 5.41 Å². The van der Waals surface area contributed by atoms with Crippen molar-refractivity contribution in [3.63, 3.8) is 0 Å². The maximum atomic E-state index is 13.0. The summed E-state index contributed by atoms with van der Waals surface area (Å²) in [7, 11) is 0. The van der Waals surface area contributed by atoms with Crippen LogP contribution in [0.4, 0.5) is 10.5 Å². The van der Waals surface area contributed by atoms with Crippen LogP contribution in [0.1, 0.15) is 55.6 Å². The van der Waals surface area contributed by atoms with Crippen molar-refractivity contribution in [3.8, 4) is 0 Å². The third kappa shape index (κ3) is 3.52. The molecule has 0 aromatic heterocycles. The van der Waals surface area contributed by atoms with Crippen molar-refractivity contribution in [1.29, 1.82) is 0 Å². The Morgan fingerprint density at radius 1 is 1.24 bits per heavy atom. The predicted octanol–water partition coefficient (Wildman–Crippen LogP) is 3.72. The number of ether oxygens (including phenoxy) is 1. The molecule has 1 aliphatic heterocycles. The van der Waals surface area contributed by atoms with E-state index in [1.807, 2.05) is 13.0 Å². The van der Waals surface area contributed by atoms with Gasteiger partial charge in [-0.3, -0.25) is 14.5 Å². The molecule has 1 N–H and O–H groups in total. The first kappa shape index (κ1) is 19.0. The molecule has 0 aliphatic carbocycles. The van der Waals surface area contributed by atoms with Crippen LogP contribution in [0.2, 0.25) is 0 Å². The average Bonchev–Trinajstić information content (AvgIpc) is 2.55. The summed E-state index contributed by atoms with van der Waals surface area (Å²) in [5.41, 5.74) is 0.00129. The fourth-order valence-electron chi connectivity index (χ4n) is 3.05. The molecule has 0 fully saturated rings. The van der Waals surface area contributed by atoms with Crippen molar-refractivity contribution < 1.29 is 24.2 Å². The van der Waals surface area contributed by atoms with Gasteiger partial charge in [0, 0.05) is 12.1 Å². The van der Waals surface area contributed by atoms with E-state index in [0.717, 1.165) is 11.1 Å². The molecule has 1 heterocycles. The molecule has 2 rings (SSSR count). The van der Waals surface area contributed by atoms with E-state index in [0.29, 0.717) is 5.69 Å². The number of benzene rings is 1. The first-order valence-corrected chi connectivity index (χ1v) is 8.27. The van der Waals surface area contributed by atoms with E-state index in [2.05, 4.69) is 0 Å². The number of fused-ring (bicyclic) bond motifs is 1. The Morgan fingerprint density at radius 2 is 1.84 bits per heavy atom. The number of hydrogen-bond donors (Lipinski definition) is 1. The third-order valence-electron chi connectivity index (χ3n) is 4.38. The third-order valence-corrected chi connectivity index (χ3v) is 4.38. The minimum absolute atomic E-state index is 0.0214. The Labute approximate surface area is 147 Å². The number of ketones is 1. The van der Waals surface area contributed by atoms with Crippen molar-refractivity contribution in [2.45, 2.75) is 53.6 Å². The average molecular weight is 347 g/mol. The molecule has 1 aromatic rings. The zero-order valence-electron chi connectivity index (χ0n) is 15.6. The van der Waals surface area contributed by atoms with Gasteiger partial charge in [0.25, 0.3) is 0 Å². The van der Waals surface area contributed by atoms with Crippen LogP contribution in [0, 0.1) is 19.3 Å². The second-order valence-corrected chi connectivity index (χ2v) is 7.83. The van der Waals surface area contributed by atoms with Gasteiger partial charge in [-0.15, -0.1) is 0 Å². The number of aliphatic carboxylic acids is 1. The molecule has 0 bridgehead atoms. The highest BCUT2D eigenvalue weighted by atomic mass is 16.6. The Hall–Kier alpha value is -2.37. The quantitative estimate of drug-likeness (QED) is 0.783. The molecule has 0 spiro atoms. The maximum absolute atomic E-state index is 13.0. The minimum Gasteiger partial charge on any atom is -0.480 e. The number of carbonyl (C=O) groups excluding carboxylic acids is 2. The van der Waals surface area contributed by atoms with E-state index in [1.165, 1.54) is 11.8 Å². The maximum Gasteiger partial charge on any atom is 0.414 e. The van der Waals surface area contributed by atoms with Crippen LogP contribution < -0.4 is 4.90 Å². The van der Waals surface area contributed by atoms with Crippen molar-refractivity contribution in [2.75, 3.05) is 11.4 Å². The monoisotopic (exact) mass is 347 g/mol. The lowest BCUT2D eigenvalue weighted by Gasteiger charge is -2.28. The number of aryl methyl sites for hydroxylation is 2. The fraction of sp³-hybridized carbons (Fsp3) is 0.526. The van der Waals surface area contributed by atoms with Gasteiger partial charge in [0.05, 0.1) is 5.69 Å². The Morgan fingerprint density at radius 3 is 2.36 bits per heavy atom. The SMILES string of the molecule is Cc1cc(C)c2c(c1)C(=O)C(C)(C(=O)O)CCN2C(=O)OC(C)(C)C. The topological polar surface area (TPSA) is 83.9 Å². The van der Waals surface area contributed by atoms with Crippen molar-refractivity contribution >= 4 is 23.5 Å². The smallest absolute Gasteiger partial charge is 0.414 e. The number of carbonyl (C=O) groups is 3. The molecular weight excluding hydrogens is 322 g/mol. The lowest BCUT2D eigenvalue weighted by atomic mass is 9.79. The van der Waals surface area contributed by atoms with E-state index in [-0.39, 0.29) is 18.5 Å². The summed E-state index contributed by atoms with van der Waals surface area (Å²) in [4.78, 5) is 38.9. The number of carboxylic acids is 1. The fourth-order valence-corrected chi connectivity index (χ4v) is 3.05. The molecule has 1 atom stereocenters. The van der Waals surface area contributed by atoms with Crippen molar-refractivity contribution in [1.82, 2.24) is 0 Å². The van der Waals surface area contributed by atoms with Gasteiger partial charge in [-0.05, 0) is 65.2 Å². The molecule has 1 amide bonds. The van der Waals surface area contributed by atoms with Gasteiger partial charge < -0.3 is 9.84 Å². The van der Waals surface area contributed by atoms with E-state index in [1.54, 1.807) is 33.8 Å². The van der Waals surface area contributed by atoms with Gasteiger partial charge in [0.2, 0.25) is 0 Å². The van der Waals surface area contributed by atoms with E-state index in [9.17, 15) is 19.5 Å². The van der Waals surface area contributed by atoms with Gasteiger partial charge in [0.1, 0.15) is 11.0 Å². The molecule has 6 heteroatoms. The van der Waals surface area contributed by atoms with Gasteiger partial charge in [-0.1, -0.05) is 6.07 Å². The number of carboxylic acid groups (broad SMARTS) is 1. The standard InChI is InChI=1S/C19H25NO5/c1-11-9-12(2)14-13(10-11)15(21)19(6,16(22)23)7-8-20(14)17(24)25-18(3,4)5/h9-10H,7-8H2,1-6H3,(H,22,23). The first-order valence-electron chi connectivity index (χ1n) is 8.27. The summed E-state index contributed by atoms with van der Waals surface area (Å²) < 4.78 is 5.47. The van der Waals surface area contributed by atoms with Crippen LogP contribution in [0.25, 0.3) is 0 Å². The lowest BCUT2D eigenvalue weighted by Crippen LogP contribution is -2.40. The van der Waals surface area contributed by atoms with Crippen LogP contribution in [0.3, 0.4) is 0 Å². The number of Topliss-reactive ketones (excluding diaryl/α,β-unsaturated/α-hetero) is 1. The minimum atomic E-state index is -1.58. The highest BCUT2D eigenvalue weighted by Gasteiger charge is 2.46. The van der Waals surface area contributed by atoms with Crippen LogP contribution in [0.15, 0.2) is 12.1 Å². The number of nitrogens with zero attached hydrogens (tertiary/aromatic N) is 1. The molecule has 0 saturated heterocycles. The molecule has 1 aromatic carbocycles. The van der Waals surface area contributed by atoms with Gasteiger partial charge in [-0.2, -0.15) is 0 Å². The van der Waals surface area contributed by atoms with E-state index >= 15 is 0 Å². The second kappa shape index (κ2) is 6.17. The van der Waals surface area contributed by atoms with Gasteiger partial charge in [0.15, 0.2) is 5.78 Å². The van der Waals surface area contributed by atoms with Crippen LogP contribution in [0.5, 0.6) is 0 Å². The Balaban J connectivity index is 2.64. The molecule has 6 nitrogen and oxygen atoms in total. The summed E-state index contributed by atoms with van der Waals surface area (Å²) in [6, 6.07) is 3.52. The highest BCUT2D eigenvalue weighted by Crippen LogP contribution is 2.39. The predicted molar refractivity (Wildman–Crippen MR) is 94.2 cm³/mol. The molecule has 136 valence electrons. The van der Waals surface area contributed by atoms with E-state index in [4.69, 9.17) is 4.74 Å². The summed E-state index contributed by atoms with van der Waals surface area (Å²) >= 11 is 0. The molecule has 1 aliphatic rings. The molecule has 0 saturated carbocycles. The molecular formula is C19H25NO5. The number of hydrogen-bond acceptors (Lipinski definition) is 4. The van der Waals surface area contributed by atoms with Crippen molar-refractivity contribution in [3.05, 3.63) is 28.8 Å². The summed E-state index contributed by atoms with van der Waals surface area (Å²) in [5, 5.41) is 9.61. The summed E-state index contributed by atoms with van der Waals surface area (Å²) in [6.07, 6.45) is -0.559.